The quantitative estimate of drug-likeness (QED) is 0.681. The van der Waals surface area contributed by atoms with E-state index in [1.54, 1.807) is 53.4 Å². The van der Waals surface area contributed by atoms with Crippen LogP contribution in [0.3, 0.4) is 0 Å². The van der Waals surface area contributed by atoms with Crippen LogP contribution in [0.5, 0.6) is 0 Å². The lowest BCUT2D eigenvalue weighted by atomic mass is 9.96. The van der Waals surface area contributed by atoms with Gasteiger partial charge in [-0.25, -0.2) is 8.42 Å². The van der Waals surface area contributed by atoms with Crippen LogP contribution in [0, 0.1) is 12.8 Å². The summed E-state index contributed by atoms with van der Waals surface area (Å²) in [7, 11) is -3.92. The molecule has 0 aromatic heterocycles. The monoisotopic (exact) mass is 463 g/mol. The average Bonchev–Trinajstić information content (AvgIpc) is 2.73. The number of aryl methyl sites for hydroxylation is 1. The summed E-state index contributed by atoms with van der Waals surface area (Å²) in [5, 5.41) is 0.491. The summed E-state index contributed by atoms with van der Waals surface area (Å²) in [6, 6.07) is 13.4. The van der Waals surface area contributed by atoms with Crippen molar-refractivity contribution in [1.29, 1.82) is 0 Å². The molecule has 1 saturated heterocycles. The maximum atomic E-state index is 13.4. The standard InChI is InChI=1S/C22H26ClN3O4S/c1-16-5-7-20(8-6-16)31(29,30)26(14-17-3-2-4-19(23)13-17)15-21(27)25-11-9-18(10-12-25)22(24)28/h2-8,13,18H,9-12,14-15H2,1H3,(H2,24,28). The van der Waals surface area contributed by atoms with E-state index in [1.165, 1.54) is 4.31 Å². The van der Waals surface area contributed by atoms with Gasteiger partial charge in [-0.05, 0) is 49.6 Å². The van der Waals surface area contributed by atoms with Crippen LogP contribution in [-0.2, 0) is 26.2 Å². The van der Waals surface area contributed by atoms with E-state index >= 15 is 0 Å². The molecule has 0 unspecified atom stereocenters. The molecule has 2 N–H and O–H groups in total. The Bertz CT molecular complexity index is 1050. The van der Waals surface area contributed by atoms with E-state index in [2.05, 4.69) is 0 Å². The Morgan fingerprint density at radius 1 is 1.13 bits per heavy atom. The van der Waals surface area contributed by atoms with Gasteiger partial charge in [0, 0.05) is 30.6 Å². The smallest absolute Gasteiger partial charge is 0.243 e. The van der Waals surface area contributed by atoms with Crippen LogP contribution in [0.2, 0.25) is 5.02 Å². The van der Waals surface area contributed by atoms with Gasteiger partial charge in [-0.1, -0.05) is 41.4 Å². The number of hydrogen-bond acceptors (Lipinski definition) is 4. The Labute approximate surface area is 187 Å². The van der Waals surface area contributed by atoms with Gasteiger partial charge in [0.05, 0.1) is 11.4 Å². The van der Waals surface area contributed by atoms with Crippen LogP contribution >= 0.6 is 11.6 Å². The summed E-state index contributed by atoms with van der Waals surface area (Å²) >= 11 is 6.06. The minimum absolute atomic E-state index is 0.0141. The number of nitrogens with two attached hydrogens (primary N) is 1. The van der Waals surface area contributed by atoms with Crippen LogP contribution in [0.25, 0.3) is 0 Å². The van der Waals surface area contributed by atoms with E-state index < -0.39 is 10.0 Å². The minimum atomic E-state index is -3.92. The summed E-state index contributed by atoms with van der Waals surface area (Å²) in [6.45, 7) is 2.34. The SMILES string of the molecule is Cc1ccc(S(=O)(=O)N(CC(=O)N2CCC(C(N)=O)CC2)Cc2cccc(Cl)c2)cc1. The first-order valence-electron chi connectivity index (χ1n) is 10.0. The zero-order valence-corrected chi connectivity index (χ0v) is 18.9. The molecule has 1 heterocycles. The fraction of sp³-hybridized carbons (Fsp3) is 0.364. The zero-order valence-electron chi connectivity index (χ0n) is 17.3. The molecule has 2 amide bonds. The molecular formula is C22H26ClN3O4S. The first-order valence-corrected chi connectivity index (χ1v) is 11.9. The lowest BCUT2D eigenvalue weighted by molar-refractivity contribution is -0.135. The highest BCUT2D eigenvalue weighted by Crippen LogP contribution is 2.22. The van der Waals surface area contributed by atoms with Crippen molar-refractivity contribution in [2.24, 2.45) is 11.7 Å². The second-order valence-corrected chi connectivity index (χ2v) is 10.1. The van der Waals surface area contributed by atoms with E-state index in [9.17, 15) is 18.0 Å². The number of carbonyl (C=O) groups is 2. The third-order valence-electron chi connectivity index (χ3n) is 5.47. The number of amides is 2. The van der Waals surface area contributed by atoms with Gasteiger partial charge >= 0.3 is 0 Å². The molecule has 31 heavy (non-hydrogen) atoms. The summed E-state index contributed by atoms with van der Waals surface area (Å²) < 4.78 is 27.9. The molecule has 0 atom stereocenters. The molecule has 0 bridgehead atoms. The maximum absolute atomic E-state index is 13.4. The Morgan fingerprint density at radius 3 is 2.35 bits per heavy atom. The highest BCUT2D eigenvalue weighted by molar-refractivity contribution is 7.89. The number of rotatable bonds is 7. The van der Waals surface area contributed by atoms with Crippen molar-refractivity contribution in [3.63, 3.8) is 0 Å². The molecule has 9 heteroatoms. The Morgan fingerprint density at radius 2 is 1.77 bits per heavy atom. The molecule has 1 aliphatic heterocycles. The second-order valence-electron chi connectivity index (χ2n) is 7.77. The highest BCUT2D eigenvalue weighted by Gasteiger charge is 2.31. The van der Waals surface area contributed by atoms with Gasteiger partial charge in [0.25, 0.3) is 0 Å². The molecule has 0 saturated carbocycles. The molecule has 166 valence electrons. The van der Waals surface area contributed by atoms with Crippen molar-refractivity contribution in [2.45, 2.75) is 31.2 Å². The van der Waals surface area contributed by atoms with Crippen molar-refractivity contribution >= 4 is 33.4 Å². The van der Waals surface area contributed by atoms with Gasteiger partial charge in [0.15, 0.2) is 0 Å². The van der Waals surface area contributed by atoms with Crippen LogP contribution < -0.4 is 5.73 Å². The third kappa shape index (κ3) is 5.84. The zero-order chi connectivity index (χ0) is 22.6. The number of primary amides is 1. The molecule has 7 nitrogen and oxygen atoms in total. The summed E-state index contributed by atoms with van der Waals surface area (Å²) in [6.07, 6.45) is 0.972. The van der Waals surface area contributed by atoms with E-state index in [0.29, 0.717) is 36.5 Å². The van der Waals surface area contributed by atoms with Crippen molar-refractivity contribution in [2.75, 3.05) is 19.6 Å². The first-order chi connectivity index (χ1) is 14.7. The summed E-state index contributed by atoms with van der Waals surface area (Å²) in [5.41, 5.74) is 6.98. The normalized spacial score (nSPS) is 15.3. The van der Waals surface area contributed by atoms with Gasteiger partial charge in [0.1, 0.15) is 0 Å². The molecule has 3 rings (SSSR count). The van der Waals surface area contributed by atoms with Crippen molar-refractivity contribution in [1.82, 2.24) is 9.21 Å². The molecule has 2 aromatic rings. The fourth-order valence-electron chi connectivity index (χ4n) is 3.59. The average molecular weight is 464 g/mol. The van der Waals surface area contributed by atoms with Crippen LogP contribution in [0.15, 0.2) is 53.4 Å². The van der Waals surface area contributed by atoms with Crippen molar-refractivity contribution in [3.05, 3.63) is 64.7 Å². The topological polar surface area (TPSA) is 101 Å². The highest BCUT2D eigenvalue weighted by atomic mass is 35.5. The number of halogens is 1. The molecular weight excluding hydrogens is 438 g/mol. The minimum Gasteiger partial charge on any atom is -0.369 e. The van der Waals surface area contributed by atoms with Crippen molar-refractivity contribution < 1.29 is 18.0 Å². The molecule has 0 aliphatic carbocycles. The molecule has 2 aromatic carbocycles. The lowest BCUT2D eigenvalue weighted by Crippen LogP contribution is -2.46. The van der Waals surface area contributed by atoms with Gasteiger partial charge < -0.3 is 10.6 Å². The Hall–Kier alpha value is -2.42. The Kier molecular flexibility index (Phi) is 7.35. The predicted molar refractivity (Wildman–Crippen MR) is 119 cm³/mol. The number of hydrogen-bond donors (Lipinski definition) is 1. The number of benzene rings is 2. The lowest BCUT2D eigenvalue weighted by Gasteiger charge is -2.32. The van der Waals surface area contributed by atoms with Gasteiger partial charge in [-0.2, -0.15) is 4.31 Å². The van der Waals surface area contributed by atoms with E-state index in [1.807, 2.05) is 6.92 Å². The maximum Gasteiger partial charge on any atom is 0.243 e. The van der Waals surface area contributed by atoms with Crippen LogP contribution in [0.4, 0.5) is 0 Å². The summed E-state index contributed by atoms with van der Waals surface area (Å²) in [5.74, 6) is -0.917. The van der Waals surface area contributed by atoms with Crippen LogP contribution in [-0.4, -0.2) is 49.1 Å². The number of sulfonamides is 1. The van der Waals surface area contributed by atoms with E-state index in [0.717, 1.165) is 5.56 Å². The van der Waals surface area contributed by atoms with Crippen molar-refractivity contribution in [3.8, 4) is 0 Å². The first kappa shape index (κ1) is 23.2. The van der Waals surface area contributed by atoms with Gasteiger partial charge in [0.2, 0.25) is 21.8 Å². The van der Waals surface area contributed by atoms with E-state index in [-0.39, 0.29) is 35.7 Å². The van der Waals surface area contributed by atoms with Crippen LogP contribution in [0.1, 0.15) is 24.0 Å². The van der Waals surface area contributed by atoms with Gasteiger partial charge in [-0.3, -0.25) is 9.59 Å². The second kappa shape index (κ2) is 9.80. The van der Waals surface area contributed by atoms with Gasteiger partial charge in [-0.15, -0.1) is 0 Å². The largest absolute Gasteiger partial charge is 0.369 e. The molecule has 1 aliphatic rings. The number of nitrogens with zero attached hydrogens (tertiary/aromatic N) is 2. The molecule has 1 fully saturated rings. The number of carbonyl (C=O) groups excluding carboxylic acids is 2. The fourth-order valence-corrected chi connectivity index (χ4v) is 5.18. The molecule has 0 radical (unpaired) electrons. The summed E-state index contributed by atoms with van der Waals surface area (Å²) in [4.78, 5) is 26.0. The van der Waals surface area contributed by atoms with E-state index in [4.69, 9.17) is 17.3 Å². The third-order valence-corrected chi connectivity index (χ3v) is 7.51. The number of piperidine rings is 1. The Balaban J connectivity index is 1.82. The predicted octanol–water partition coefficient (Wildman–Crippen LogP) is 2.56. The number of likely N-dealkylation sites (tertiary alicyclic amines) is 1. The molecule has 0 spiro atoms.